The Morgan fingerprint density at radius 1 is 1.50 bits per heavy atom. The van der Waals surface area contributed by atoms with Crippen LogP contribution in [-0.2, 0) is 0 Å². The largest absolute Gasteiger partial charge is 0.365 e. The van der Waals surface area contributed by atoms with Crippen LogP contribution < -0.4 is 5.73 Å². The lowest BCUT2D eigenvalue weighted by atomic mass is 10.2. The number of primary amides is 1. The Kier molecular flexibility index (Phi) is 2.17. The van der Waals surface area contributed by atoms with E-state index in [1.807, 2.05) is 0 Å². The Hall–Kier alpha value is -1.13. The predicted molar refractivity (Wildman–Crippen MR) is 55.3 cm³/mol. The van der Waals surface area contributed by atoms with Gasteiger partial charge in [-0.05, 0) is 18.2 Å². The van der Waals surface area contributed by atoms with Crippen LogP contribution in [0.15, 0.2) is 18.2 Å². The number of carbonyl (C=O) groups excluding carboxylic acids is 1. The van der Waals surface area contributed by atoms with Crippen molar-refractivity contribution in [2.45, 2.75) is 0 Å². The summed E-state index contributed by atoms with van der Waals surface area (Å²) in [7, 11) is 0. The Bertz CT molecular complexity index is 523. The highest BCUT2D eigenvalue weighted by Crippen LogP contribution is 2.35. The van der Waals surface area contributed by atoms with Crippen LogP contribution in [0, 0.1) is 5.82 Å². The van der Waals surface area contributed by atoms with Crippen LogP contribution in [0.4, 0.5) is 4.39 Å². The molecule has 0 aliphatic carbocycles. The van der Waals surface area contributed by atoms with E-state index in [4.69, 9.17) is 17.3 Å². The molecule has 2 nitrogen and oxygen atoms in total. The average Bonchev–Trinajstić information content (AvgIpc) is 2.43. The molecule has 0 unspecified atom stereocenters. The van der Waals surface area contributed by atoms with Crippen LogP contribution in [0.5, 0.6) is 0 Å². The molecule has 1 amide bonds. The summed E-state index contributed by atoms with van der Waals surface area (Å²) in [5.41, 5.74) is 5.11. The van der Waals surface area contributed by atoms with Gasteiger partial charge in [0.15, 0.2) is 0 Å². The SMILES string of the molecule is NC(=O)c1sc2cc(F)ccc2c1Cl. The first-order chi connectivity index (χ1) is 6.59. The van der Waals surface area contributed by atoms with E-state index in [0.717, 1.165) is 11.3 Å². The van der Waals surface area contributed by atoms with Crippen molar-refractivity contribution in [3.8, 4) is 0 Å². The summed E-state index contributed by atoms with van der Waals surface area (Å²) in [4.78, 5) is 11.2. The van der Waals surface area contributed by atoms with Gasteiger partial charge in [0.2, 0.25) is 0 Å². The molecule has 0 fully saturated rings. The summed E-state index contributed by atoms with van der Waals surface area (Å²) in [6.07, 6.45) is 0. The van der Waals surface area contributed by atoms with Crippen molar-refractivity contribution in [2.75, 3.05) is 0 Å². The number of rotatable bonds is 1. The van der Waals surface area contributed by atoms with E-state index in [0.29, 0.717) is 15.1 Å². The van der Waals surface area contributed by atoms with Crippen molar-refractivity contribution < 1.29 is 9.18 Å². The summed E-state index contributed by atoms with van der Waals surface area (Å²) in [6.45, 7) is 0. The fourth-order valence-electron chi connectivity index (χ4n) is 1.20. The number of hydrogen-bond acceptors (Lipinski definition) is 2. The fourth-order valence-corrected chi connectivity index (χ4v) is 2.60. The second kappa shape index (κ2) is 3.22. The Morgan fingerprint density at radius 3 is 2.86 bits per heavy atom. The first kappa shape index (κ1) is 9.43. The van der Waals surface area contributed by atoms with Crippen molar-refractivity contribution in [3.63, 3.8) is 0 Å². The van der Waals surface area contributed by atoms with Crippen molar-refractivity contribution >= 4 is 38.9 Å². The molecule has 2 aromatic rings. The molecule has 1 aromatic carbocycles. The molecule has 0 spiro atoms. The molecule has 0 atom stereocenters. The van der Waals surface area contributed by atoms with Crippen LogP contribution >= 0.6 is 22.9 Å². The minimum Gasteiger partial charge on any atom is -0.365 e. The zero-order chi connectivity index (χ0) is 10.3. The molecule has 5 heteroatoms. The number of benzene rings is 1. The standard InChI is InChI=1S/C9H5ClFNOS/c10-7-5-2-1-4(11)3-6(5)14-8(7)9(12)13/h1-3H,(H2,12,13). The van der Waals surface area contributed by atoms with Crippen LogP contribution in [0.1, 0.15) is 9.67 Å². The van der Waals surface area contributed by atoms with Gasteiger partial charge in [0.05, 0.1) is 5.02 Å². The predicted octanol–water partition coefficient (Wildman–Crippen LogP) is 2.79. The fraction of sp³-hybridized carbons (Fsp3) is 0. The highest BCUT2D eigenvalue weighted by Gasteiger charge is 2.14. The van der Waals surface area contributed by atoms with Gasteiger partial charge >= 0.3 is 0 Å². The van der Waals surface area contributed by atoms with Gasteiger partial charge in [-0.2, -0.15) is 0 Å². The lowest BCUT2D eigenvalue weighted by Crippen LogP contribution is -2.08. The third kappa shape index (κ3) is 1.36. The molecular weight excluding hydrogens is 225 g/mol. The smallest absolute Gasteiger partial charge is 0.260 e. The van der Waals surface area contributed by atoms with Crippen LogP contribution in [0.3, 0.4) is 0 Å². The molecule has 0 bridgehead atoms. The highest BCUT2D eigenvalue weighted by atomic mass is 35.5. The molecule has 0 saturated heterocycles. The third-order valence-corrected chi connectivity index (χ3v) is 3.49. The van der Waals surface area contributed by atoms with E-state index >= 15 is 0 Å². The molecule has 14 heavy (non-hydrogen) atoms. The molecule has 1 heterocycles. The van der Waals surface area contributed by atoms with Crippen LogP contribution in [-0.4, -0.2) is 5.91 Å². The molecule has 0 aliphatic heterocycles. The first-order valence-electron chi connectivity index (χ1n) is 3.77. The molecule has 2 rings (SSSR count). The van der Waals surface area contributed by atoms with E-state index in [9.17, 15) is 9.18 Å². The van der Waals surface area contributed by atoms with Crippen LogP contribution in [0.25, 0.3) is 10.1 Å². The maximum absolute atomic E-state index is 12.8. The summed E-state index contributed by atoms with van der Waals surface area (Å²) in [5.74, 6) is -0.942. The topological polar surface area (TPSA) is 43.1 Å². The summed E-state index contributed by atoms with van der Waals surface area (Å²) in [6, 6.07) is 4.17. The van der Waals surface area contributed by atoms with E-state index < -0.39 is 5.91 Å². The molecule has 2 N–H and O–H groups in total. The number of nitrogens with two attached hydrogens (primary N) is 1. The van der Waals surface area contributed by atoms with Crippen molar-refractivity contribution in [2.24, 2.45) is 5.73 Å². The van der Waals surface area contributed by atoms with E-state index in [-0.39, 0.29) is 10.7 Å². The summed E-state index contributed by atoms with van der Waals surface area (Å²) < 4.78 is 13.5. The lowest BCUT2D eigenvalue weighted by molar-refractivity contribution is 0.100. The maximum Gasteiger partial charge on any atom is 0.260 e. The van der Waals surface area contributed by atoms with Gasteiger partial charge in [0.1, 0.15) is 10.7 Å². The minimum atomic E-state index is -0.586. The number of carbonyl (C=O) groups is 1. The highest BCUT2D eigenvalue weighted by molar-refractivity contribution is 7.21. The summed E-state index contributed by atoms with van der Waals surface area (Å²) >= 11 is 6.99. The zero-order valence-corrected chi connectivity index (χ0v) is 8.45. The second-order valence-corrected chi connectivity index (χ2v) is 4.18. The molecule has 0 saturated carbocycles. The molecular formula is C9H5ClFNOS. The van der Waals surface area contributed by atoms with Gasteiger partial charge in [-0.15, -0.1) is 11.3 Å². The van der Waals surface area contributed by atoms with Gasteiger partial charge in [-0.25, -0.2) is 4.39 Å². The lowest BCUT2D eigenvalue weighted by Gasteiger charge is -1.90. The van der Waals surface area contributed by atoms with E-state index in [1.165, 1.54) is 18.2 Å². The Morgan fingerprint density at radius 2 is 2.21 bits per heavy atom. The number of fused-ring (bicyclic) bond motifs is 1. The Balaban J connectivity index is 2.79. The number of amides is 1. The quantitative estimate of drug-likeness (QED) is 0.803. The van der Waals surface area contributed by atoms with Gasteiger partial charge in [0, 0.05) is 10.1 Å². The molecule has 0 aliphatic rings. The van der Waals surface area contributed by atoms with Gasteiger partial charge in [-0.3, -0.25) is 4.79 Å². The number of halogens is 2. The first-order valence-corrected chi connectivity index (χ1v) is 4.96. The van der Waals surface area contributed by atoms with E-state index in [2.05, 4.69) is 0 Å². The molecule has 1 aromatic heterocycles. The van der Waals surface area contributed by atoms with Gasteiger partial charge < -0.3 is 5.73 Å². The number of thiophene rings is 1. The van der Waals surface area contributed by atoms with E-state index in [1.54, 1.807) is 0 Å². The van der Waals surface area contributed by atoms with Crippen molar-refractivity contribution in [1.82, 2.24) is 0 Å². The molecule has 0 radical (unpaired) electrons. The van der Waals surface area contributed by atoms with Crippen molar-refractivity contribution in [3.05, 3.63) is 33.9 Å². The maximum atomic E-state index is 12.8. The number of hydrogen-bond donors (Lipinski definition) is 1. The minimum absolute atomic E-state index is 0.271. The van der Waals surface area contributed by atoms with Gasteiger partial charge in [-0.1, -0.05) is 11.6 Å². The van der Waals surface area contributed by atoms with Crippen LogP contribution in [0.2, 0.25) is 5.02 Å². The Labute approximate surface area is 88.1 Å². The zero-order valence-electron chi connectivity index (χ0n) is 6.88. The van der Waals surface area contributed by atoms with Crippen molar-refractivity contribution in [1.29, 1.82) is 0 Å². The monoisotopic (exact) mass is 229 g/mol. The van der Waals surface area contributed by atoms with Gasteiger partial charge in [0.25, 0.3) is 5.91 Å². The second-order valence-electron chi connectivity index (χ2n) is 2.75. The molecule has 72 valence electrons. The summed E-state index contributed by atoms with van der Waals surface area (Å²) in [5, 5.41) is 0.962. The normalized spacial score (nSPS) is 10.7. The average molecular weight is 230 g/mol. The third-order valence-electron chi connectivity index (χ3n) is 1.82.